The number of carbonyl (C=O) groups is 1. The van der Waals surface area contributed by atoms with Gasteiger partial charge in [-0.1, -0.05) is 18.2 Å². The number of aliphatic carboxylic acids is 1. The fourth-order valence-electron chi connectivity index (χ4n) is 1.51. The van der Waals surface area contributed by atoms with Gasteiger partial charge in [-0.05, 0) is 18.2 Å². The summed E-state index contributed by atoms with van der Waals surface area (Å²) in [6, 6.07) is 9.61. The van der Waals surface area contributed by atoms with E-state index in [-0.39, 0.29) is 11.9 Å². The van der Waals surface area contributed by atoms with E-state index >= 15 is 0 Å². The molecule has 1 aromatic rings. The predicted octanol–water partition coefficient (Wildman–Crippen LogP) is 1.37. The summed E-state index contributed by atoms with van der Waals surface area (Å²) >= 11 is 0. The van der Waals surface area contributed by atoms with Gasteiger partial charge in [0.15, 0.2) is 0 Å². The predicted molar refractivity (Wildman–Crippen MR) is 65.8 cm³/mol. The second kappa shape index (κ2) is 4.69. The topological polar surface area (TPSA) is 64.9 Å². The molecule has 1 unspecified atom stereocenters. The van der Waals surface area contributed by atoms with Crippen LogP contribution in [-0.2, 0) is 4.79 Å². The van der Waals surface area contributed by atoms with Crippen LogP contribution in [0.25, 0.3) is 0 Å². The third-order valence-electron chi connectivity index (χ3n) is 2.44. The van der Waals surface area contributed by atoms with Crippen LogP contribution in [0.1, 0.15) is 0 Å². The molecule has 2 rings (SSSR count). The Morgan fingerprint density at radius 3 is 2.76 bits per heavy atom. The SMILES string of the molecule is CN1C=NC(C(=O)O)=CC1Nc1ccccc1. The molecule has 0 aliphatic carbocycles. The molecule has 0 radical (unpaired) electrons. The Labute approximate surface area is 99.1 Å². The molecule has 5 heteroatoms. The van der Waals surface area contributed by atoms with Gasteiger partial charge in [0, 0.05) is 12.7 Å². The lowest BCUT2D eigenvalue weighted by Gasteiger charge is -2.28. The second-order valence-electron chi connectivity index (χ2n) is 3.72. The maximum absolute atomic E-state index is 10.8. The van der Waals surface area contributed by atoms with Crippen molar-refractivity contribution in [1.82, 2.24) is 4.90 Å². The molecule has 1 aromatic carbocycles. The Morgan fingerprint density at radius 2 is 2.12 bits per heavy atom. The van der Waals surface area contributed by atoms with Crippen molar-refractivity contribution in [3.05, 3.63) is 42.1 Å². The lowest BCUT2D eigenvalue weighted by atomic mass is 10.2. The van der Waals surface area contributed by atoms with E-state index in [4.69, 9.17) is 5.11 Å². The number of aliphatic imine (C=N–C) groups is 1. The van der Waals surface area contributed by atoms with E-state index in [1.807, 2.05) is 37.4 Å². The van der Waals surface area contributed by atoms with Crippen molar-refractivity contribution >= 4 is 18.0 Å². The molecular formula is C12H13N3O2. The average Bonchev–Trinajstić information content (AvgIpc) is 2.33. The highest BCUT2D eigenvalue weighted by Gasteiger charge is 2.18. The van der Waals surface area contributed by atoms with E-state index in [0.29, 0.717) is 0 Å². The van der Waals surface area contributed by atoms with Gasteiger partial charge in [0.2, 0.25) is 0 Å². The van der Waals surface area contributed by atoms with Crippen LogP contribution < -0.4 is 5.32 Å². The van der Waals surface area contributed by atoms with Gasteiger partial charge < -0.3 is 15.3 Å². The number of carboxylic acids is 1. The number of rotatable bonds is 3. The fourth-order valence-corrected chi connectivity index (χ4v) is 1.51. The molecule has 0 fully saturated rings. The number of hydrogen-bond acceptors (Lipinski definition) is 4. The van der Waals surface area contributed by atoms with Crippen molar-refractivity contribution in [2.75, 3.05) is 12.4 Å². The summed E-state index contributed by atoms with van der Waals surface area (Å²) in [6.45, 7) is 0. The monoisotopic (exact) mass is 231 g/mol. The molecule has 1 aliphatic rings. The fraction of sp³-hybridized carbons (Fsp3) is 0.167. The summed E-state index contributed by atoms with van der Waals surface area (Å²) in [5.41, 5.74) is 0.983. The third-order valence-corrected chi connectivity index (χ3v) is 2.44. The highest BCUT2D eigenvalue weighted by molar-refractivity contribution is 5.89. The lowest BCUT2D eigenvalue weighted by molar-refractivity contribution is -0.132. The molecule has 1 atom stereocenters. The molecule has 1 aliphatic heterocycles. The molecule has 0 saturated carbocycles. The Balaban J connectivity index is 2.15. The smallest absolute Gasteiger partial charge is 0.354 e. The maximum Gasteiger partial charge on any atom is 0.354 e. The molecule has 1 heterocycles. The van der Waals surface area contributed by atoms with E-state index < -0.39 is 5.97 Å². The molecule has 0 saturated heterocycles. The number of nitrogens with zero attached hydrogens (tertiary/aromatic N) is 2. The number of anilines is 1. The van der Waals surface area contributed by atoms with Crippen molar-refractivity contribution in [3.63, 3.8) is 0 Å². The second-order valence-corrected chi connectivity index (χ2v) is 3.72. The van der Waals surface area contributed by atoms with Crippen LogP contribution in [0, 0.1) is 0 Å². The van der Waals surface area contributed by atoms with E-state index in [0.717, 1.165) is 5.69 Å². The van der Waals surface area contributed by atoms with E-state index in [9.17, 15) is 4.79 Å². The first-order valence-electron chi connectivity index (χ1n) is 5.19. The van der Waals surface area contributed by atoms with Gasteiger partial charge in [0.1, 0.15) is 11.9 Å². The van der Waals surface area contributed by atoms with Gasteiger partial charge in [0.25, 0.3) is 0 Å². The Hall–Kier alpha value is -2.30. The Morgan fingerprint density at radius 1 is 1.41 bits per heavy atom. The van der Waals surface area contributed by atoms with E-state index in [1.165, 1.54) is 6.34 Å². The summed E-state index contributed by atoms with van der Waals surface area (Å²) in [5.74, 6) is -1.02. The number of hydrogen-bond donors (Lipinski definition) is 2. The van der Waals surface area contributed by atoms with Gasteiger partial charge >= 0.3 is 5.97 Å². The highest BCUT2D eigenvalue weighted by atomic mass is 16.4. The zero-order valence-electron chi connectivity index (χ0n) is 9.37. The maximum atomic E-state index is 10.8. The van der Waals surface area contributed by atoms with Crippen LogP contribution in [0.3, 0.4) is 0 Å². The van der Waals surface area contributed by atoms with Gasteiger partial charge in [-0.25, -0.2) is 9.79 Å². The number of benzene rings is 1. The van der Waals surface area contributed by atoms with Gasteiger partial charge in [-0.2, -0.15) is 0 Å². The van der Waals surface area contributed by atoms with E-state index in [2.05, 4.69) is 10.3 Å². The van der Waals surface area contributed by atoms with Crippen LogP contribution >= 0.6 is 0 Å². The summed E-state index contributed by atoms with van der Waals surface area (Å²) in [5, 5.41) is 12.1. The van der Waals surface area contributed by atoms with Crippen LogP contribution in [0.4, 0.5) is 5.69 Å². The first-order valence-corrected chi connectivity index (χ1v) is 5.19. The zero-order valence-corrected chi connectivity index (χ0v) is 9.37. The van der Waals surface area contributed by atoms with E-state index in [1.54, 1.807) is 11.0 Å². The van der Waals surface area contributed by atoms with Crippen LogP contribution in [0.5, 0.6) is 0 Å². The molecule has 5 nitrogen and oxygen atoms in total. The number of likely N-dealkylation sites (N-methyl/N-ethyl adjacent to an activating group) is 1. The minimum atomic E-state index is -1.02. The molecular weight excluding hydrogens is 218 g/mol. The highest BCUT2D eigenvalue weighted by Crippen LogP contribution is 2.13. The van der Waals surface area contributed by atoms with Gasteiger partial charge in [0.05, 0.1) is 6.34 Å². The van der Waals surface area contributed by atoms with Crippen molar-refractivity contribution in [3.8, 4) is 0 Å². The molecule has 0 spiro atoms. The largest absolute Gasteiger partial charge is 0.477 e. The first kappa shape index (κ1) is 11.2. The minimum absolute atomic E-state index is 0.0523. The number of nitrogens with one attached hydrogen (secondary N) is 1. The van der Waals surface area contributed by atoms with Crippen LogP contribution in [-0.4, -0.2) is 35.5 Å². The molecule has 2 N–H and O–H groups in total. The van der Waals surface area contributed by atoms with Gasteiger partial charge in [-0.3, -0.25) is 0 Å². The summed E-state index contributed by atoms with van der Waals surface area (Å²) in [7, 11) is 1.83. The Kier molecular flexibility index (Phi) is 3.09. The van der Waals surface area contributed by atoms with Crippen LogP contribution in [0.15, 0.2) is 47.1 Å². The van der Waals surface area contributed by atoms with Gasteiger partial charge in [-0.15, -0.1) is 0 Å². The normalized spacial score (nSPS) is 18.8. The minimum Gasteiger partial charge on any atom is -0.477 e. The Bertz CT molecular complexity index is 468. The van der Waals surface area contributed by atoms with Crippen molar-refractivity contribution in [2.24, 2.45) is 4.99 Å². The summed E-state index contributed by atoms with van der Waals surface area (Å²) < 4.78 is 0. The standard InChI is InChI=1S/C12H13N3O2/c1-15-8-13-10(12(16)17)7-11(15)14-9-5-3-2-4-6-9/h2-8,11,14H,1H3,(H,16,17). The number of carboxylic acid groups (broad SMARTS) is 1. The number of para-hydroxylation sites is 1. The zero-order chi connectivity index (χ0) is 12.3. The first-order chi connectivity index (χ1) is 8.16. The molecule has 0 bridgehead atoms. The van der Waals surface area contributed by atoms with Crippen molar-refractivity contribution in [2.45, 2.75) is 6.17 Å². The van der Waals surface area contributed by atoms with Crippen molar-refractivity contribution < 1.29 is 9.90 Å². The molecule has 88 valence electrons. The molecule has 17 heavy (non-hydrogen) atoms. The quantitative estimate of drug-likeness (QED) is 0.824. The third kappa shape index (κ3) is 2.63. The van der Waals surface area contributed by atoms with Crippen molar-refractivity contribution in [1.29, 1.82) is 0 Å². The van der Waals surface area contributed by atoms with Crippen LogP contribution in [0.2, 0.25) is 0 Å². The lowest BCUT2D eigenvalue weighted by Crippen LogP contribution is -2.38. The molecule has 0 aromatic heterocycles. The summed E-state index contributed by atoms with van der Waals surface area (Å²) in [6.07, 6.45) is 2.88. The molecule has 0 amide bonds. The average molecular weight is 231 g/mol. The summed E-state index contributed by atoms with van der Waals surface area (Å²) in [4.78, 5) is 16.5.